The molecule has 2 aromatic carbocycles. The van der Waals surface area contributed by atoms with Crippen molar-refractivity contribution in [3.63, 3.8) is 0 Å². The Morgan fingerprint density at radius 1 is 0.980 bits per heavy atom. The lowest BCUT2D eigenvalue weighted by Crippen LogP contribution is -2.52. The minimum absolute atomic E-state index is 0.0607. The lowest BCUT2D eigenvalue weighted by molar-refractivity contribution is -0.137. The van der Waals surface area contributed by atoms with Crippen molar-refractivity contribution in [2.45, 2.75) is 58.7 Å². The van der Waals surface area contributed by atoms with Gasteiger partial charge in [0.25, 0.3) is 0 Å². The number of nitrogens with zero attached hydrogens (tertiary/aromatic N) is 7. The van der Waals surface area contributed by atoms with Gasteiger partial charge in [-0.2, -0.15) is 13.2 Å². The number of carbonyl (C=O) groups excluding carboxylic acids is 3. The molecular weight excluding hydrogens is 651 g/mol. The standard InChI is InChI=1S/C36H34F3N7O4/c1-21-8-7-11-29-32(21)44(17-26-15-40-27-18-45(19-28(27)42-26)35(49)50-20-23-9-5-4-6-10-23)16-24-13-31(47)46(33(24)34(48)43(29)3)30-14-25(36(37,38)39)12-22(2)41-30/h4-12,14-15,24,33H,13,16-20H2,1-3H3/t24-,33+/m1/s1. The number of rotatable bonds is 5. The Morgan fingerprint density at radius 2 is 1.74 bits per heavy atom. The molecule has 0 aliphatic carbocycles. The van der Waals surface area contributed by atoms with Crippen LogP contribution >= 0.6 is 0 Å². The number of benzene rings is 2. The highest BCUT2D eigenvalue weighted by Gasteiger charge is 2.49. The zero-order chi connectivity index (χ0) is 35.3. The largest absolute Gasteiger partial charge is 0.445 e. The van der Waals surface area contributed by atoms with Gasteiger partial charge in [0, 0.05) is 31.6 Å². The average Bonchev–Trinajstić information content (AvgIpc) is 3.65. The first kappa shape index (κ1) is 33.0. The number of carbonyl (C=O) groups is 3. The first-order chi connectivity index (χ1) is 23.9. The second-order valence-electron chi connectivity index (χ2n) is 12.9. The Kier molecular flexibility index (Phi) is 8.40. The molecule has 258 valence electrons. The summed E-state index contributed by atoms with van der Waals surface area (Å²) in [7, 11) is 1.60. The zero-order valence-corrected chi connectivity index (χ0v) is 27.6. The highest BCUT2D eigenvalue weighted by atomic mass is 19.4. The Balaban J connectivity index is 1.17. The van der Waals surface area contributed by atoms with Crippen LogP contribution in [0.15, 0.2) is 66.9 Å². The monoisotopic (exact) mass is 685 g/mol. The van der Waals surface area contributed by atoms with E-state index in [0.717, 1.165) is 33.8 Å². The van der Waals surface area contributed by atoms with Crippen molar-refractivity contribution in [1.82, 2.24) is 19.9 Å². The number of fused-ring (bicyclic) bond motifs is 3. The summed E-state index contributed by atoms with van der Waals surface area (Å²) >= 11 is 0. The summed E-state index contributed by atoms with van der Waals surface area (Å²) in [6.07, 6.45) is -3.53. The highest BCUT2D eigenvalue weighted by molar-refractivity contribution is 6.10. The van der Waals surface area contributed by atoms with Crippen molar-refractivity contribution in [1.29, 1.82) is 0 Å². The number of aryl methyl sites for hydroxylation is 2. The third-order valence-corrected chi connectivity index (χ3v) is 9.36. The molecule has 5 heterocycles. The first-order valence-corrected chi connectivity index (χ1v) is 16.2. The van der Waals surface area contributed by atoms with Crippen molar-refractivity contribution in [2.75, 3.05) is 28.3 Å². The van der Waals surface area contributed by atoms with Gasteiger partial charge < -0.3 is 14.5 Å². The predicted molar refractivity (Wildman–Crippen MR) is 177 cm³/mol. The Labute approximate surface area is 286 Å². The molecule has 3 aliphatic heterocycles. The topological polar surface area (TPSA) is 112 Å². The number of anilines is 3. The van der Waals surface area contributed by atoms with E-state index in [-0.39, 0.29) is 50.7 Å². The Bertz CT molecular complexity index is 1990. The van der Waals surface area contributed by atoms with Crippen molar-refractivity contribution >= 4 is 35.1 Å². The molecule has 50 heavy (non-hydrogen) atoms. The minimum atomic E-state index is -4.66. The van der Waals surface area contributed by atoms with Crippen LogP contribution in [-0.4, -0.2) is 57.4 Å². The molecule has 4 aromatic rings. The van der Waals surface area contributed by atoms with Crippen LogP contribution in [0, 0.1) is 19.8 Å². The van der Waals surface area contributed by atoms with Crippen LogP contribution in [0.3, 0.4) is 0 Å². The van der Waals surface area contributed by atoms with E-state index in [2.05, 4.69) is 9.97 Å². The Hall–Kier alpha value is -5.53. The van der Waals surface area contributed by atoms with Crippen LogP contribution in [0.25, 0.3) is 0 Å². The lowest BCUT2D eigenvalue weighted by Gasteiger charge is -2.39. The van der Waals surface area contributed by atoms with Crippen LogP contribution in [0.5, 0.6) is 0 Å². The number of alkyl halides is 3. The fraction of sp³-hybridized carbons (Fsp3) is 0.333. The maximum absolute atomic E-state index is 14.2. The summed E-state index contributed by atoms with van der Waals surface area (Å²) in [6.45, 7) is 4.49. The van der Waals surface area contributed by atoms with Crippen LogP contribution in [-0.2, 0) is 46.7 Å². The molecule has 14 heteroatoms. The number of pyridine rings is 1. The molecule has 0 spiro atoms. The summed E-state index contributed by atoms with van der Waals surface area (Å²) in [5, 5.41) is 0. The summed E-state index contributed by atoms with van der Waals surface area (Å²) in [4.78, 5) is 60.5. The van der Waals surface area contributed by atoms with Crippen LogP contribution < -0.4 is 14.7 Å². The number of amides is 3. The van der Waals surface area contributed by atoms with Gasteiger partial charge >= 0.3 is 12.3 Å². The number of ether oxygens (including phenoxy) is 1. The molecular formula is C36H34F3N7O4. The SMILES string of the molecule is Cc1cc(C(F)(F)F)cc(N2C(=O)C[C@@H]3CN(Cc4cnc5c(n4)CN(C(=O)OCc4ccccc4)C5)c4c(C)cccc4N(C)C(=O)[C@H]32)n1. The van der Waals surface area contributed by atoms with Crippen molar-refractivity contribution in [3.05, 3.63) is 106 Å². The van der Waals surface area contributed by atoms with Gasteiger partial charge in [0.05, 0.1) is 59.9 Å². The smallest absolute Gasteiger partial charge is 0.416 e. The fourth-order valence-corrected chi connectivity index (χ4v) is 7.03. The van der Waals surface area contributed by atoms with Gasteiger partial charge in [-0.15, -0.1) is 0 Å². The molecule has 1 fully saturated rings. The van der Waals surface area contributed by atoms with E-state index < -0.39 is 41.6 Å². The number of likely N-dealkylation sites (N-methyl/N-ethyl adjacent to an activating group) is 1. The van der Waals surface area contributed by atoms with E-state index in [1.54, 1.807) is 24.2 Å². The molecule has 7 rings (SSSR count). The fourth-order valence-electron chi connectivity index (χ4n) is 7.03. The number of para-hydroxylation sites is 1. The molecule has 11 nitrogen and oxygen atoms in total. The normalized spacial score (nSPS) is 18.8. The number of hydrogen-bond acceptors (Lipinski definition) is 8. The summed E-state index contributed by atoms with van der Waals surface area (Å²) in [5.41, 5.74) is 4.19. The van der Waals surface area contributed by atoms with Crippen molar-refractivity contribution in [3.8, 4) is 0 Å². The maximum Gasteiger partial charge on any atom is 0.416 e. The van der Waals surface area contributed by atoms with Gasteiger partial charge in [0.1, 0.15) is 18.5 Å². The molecule has 1 saturated heterocycles. The molecule has 0 radical (unpaired) electrons. The number of halogens is 3. The second-order valence-corrected chi connectivity index (χ2v) is 12.9. The molecule has 3 amide bonds. The highest BCUT2D eigenvalue weighted by Crippen LogP contribution is 2.42. The van der Waals surface area contributed by atoms with Gasteiger partial charge in [-0.3, -0.25) is 29.4 Å². The number of aromatic nitrogens is 3. The maximum atomic E-state index is 14.2. The molecule has 0 saturated carbocycles. The second kappa shape index (κ2) is 12.7. The Morgan fingerprint density at radius 3 is 2.50 bits per heavy atom. The van der Waals surface area contributed by atoms with Crippen molar-refractivity contribution in [2.24, 2.45) is 5.92 Å². The minimum Gasteiger partial charge on any atom is -0.445 e. The van der Waals surface area contributed by atoms with Crippen LogP contribution in [0.2, 0.25) is 0 Å². The van der Waals surface area contributed by atoms with E-state index in [1.165, 1.54) is 11.8 Å². The van der Waals surface area contributed by atoms with E-state index in [9.17, 15) is 27.6 Å². The van der Waals surface area contributed by atoms with Crippen LogP contribution in [0.4, 0.5) is 35.2 Å². The van der Waals surface area contributed by atoms with Gasteiger partial charge in [-0.25, -0.2) is 9.78 Å². The van der Waals surface area contributed by atoms with E-state index >= 15 is 0 Å². The molecule has 0 N–H and O–H groups in total. The lowest BCUT2D eigenvalue weighted by atomic mass is 9.95. The predicted octanol–water partition coefficient (Wildman–Crippen LogP) is 5.56. The average molecular weight is 686 g/mol. The quantitative estimate of drug-likeness (QED) is 0.269. The molecule has 2 aromatic heterocycles. The summed E-state index contributed by atoms with van der Waals surface area (Å²) in [6, 6.07) is 15.6. The van der Waals surface area contributed by atoms with Crippen molar-refractivity contribution < 1.29 is 32.3 Å². The number of hydrogen-bond donors (Lipinski definition) is 0. The van der Waals surface area contributed by atoms with E-state index in [4.69, 9.17) is 9.72 Å². The van der Waals surface area contributed by atoms with E-state index in [0.29, 0.717) is 22.8 Å². The summed E-state index contributed by atoms with van der Waals surface area (Å²) in [5.74, 6) is -1.67. The van der Waals surface area contributed by atoms with E-state index in [1.807, 2.05) is 54.3 Å². The van der Waals surface area contributed by atoms with Gasteiger partial charge in [-0.05, 0) is 43.2 Å². The zero-order valence-electron chi connectivity index (χ0n) is 27.6. The molecule has 0 unspecified atom stereocenters. The molecule has 0 bridgehead atoms. The van der Waals surface area contributed by atoms with Gasteiger partial charge in [0.2, 0.25) is 11.8 Å². The summed E-state index contributed by atoms with van der Waals surface area (Å²) < 4.78 is 46.8. The first-order valence-electron chi connectivity index (χ1n) is 16.2. The van der Waals surface area contributed by atoms with Gasteiger partial charge in [-0.1, -0.05) is 42.5 Å². The molecule has 3 aliphatic rings. The third-order valence-electron chi connectivity index (χ3n) is 9.36. The van der Waals surface area contributed by atoms with Gasteiger partial charge in [0.15, 0.2) is 0 Å². The van der Waals surface area contributed by atoms with Crippen LogP contribution in [0.1, 0.15) is 45.9 Å². The third kappa shape index (κ3) is 6.21. The molecule has 2 atom stereocenters.